The summed E-state index contributed by atoms with van der Waals surface area (Å²) in [6, 6.07) is 5.92. The first-order valence-electron chi connectivity index (χ1n) is 6.91. The number of amides is 1. The first-order valence-corrected chi connectivity index (χ1v) is 7.70. The lowest BCUT2D eigenvalue weighted by atomic mass is 10.0. The Hall–Kier alpha value is -1.07. The summed E-state index contributed by atoms with van der Waals surface area (Å²) in [6.45, 7) is 2.66. The SMILES string of the molecule is COc1ccc(Br)cc1C1CCCN1C(=O)CC(C)N. The maximum atomic E-state index is 12.3. The van der Waals surface area contributed by atoms with Crippen molar-refractivity contribution in [3.63, 3.8) is 0 Å². The Balaban J connectivity index is 2.26. The molecule has 1 heterocycles. The molecule has 2 atom stereocenters. The molecule has 0 saturated carbocycles. The molecule has 20 heavy (non-hydrogen) atoms. The average Bonchev–Trinajstić information content (AvgIpc) is 2.87. The molecule has 1 aromatic rings. The largest absolute Gasteiger partial charge is 0.496 e. The Bertz CT molecular complexity index is 491. The van der Waals surface area contributed by atoms with Crippen molar-refractivity contribution in [1.29, 1.82) is 0 Å². The number of benzene rings is 1. The van der Waals surface area contributed by atoms with Crippen molar-refractivity contribution < 1.29 is 9.53 Å². The predicted octanol–water partition coefficient (Wildman–Crippen LogP) is 2.86. The van der Waals surface area contributed by atoms with Crippen LogP contribution in [-0.2, 0) is 4.79 Å². The fraction of sp³-hybridized carbons (Fsp3) is 0.533. The van der Waals surface area contributed by atoms with Crippen LogP contribution in [-0.4, -0.2) is 30.5 Å². The first-order chi connectivity index (χ1) is 9.52. The van der Waals surface area contributed by atoms with E-state index in [2.05, 4.69) is 15.9 Å². The van der Waals surface area contributed by atoms with Crippen LogP contribution in [0.2, 0.25) is 0 Å². The van der Waals surface area contributed by atoms with E-state index in [4.69, 9.17) is 10.5 Å². The number of nitrogens with zero attached hydrogens (tertiary/aromatic N) is 1. The van der Waals surface area contributed by atoms with Crippen LogP contribution in [0, 0.1) is 0 Å². The molecule has 0 aliphatic carbocycles. The number of nitrogens with two attached hydrogens (primary N) is 1. The first kappa shape index (κ1) is 15.3. The minimum Gasteiger partial charge on any atom is -0.496 e. The van der Waals surface area contributed by atoms with Gasteiger partial charge in [0.2, 0.25) is 5.91 Å². The van der Waals surface area contributed by atoms with Crippen LogP contribution >= 0.6 is 15.9 Å². The number of methoxy groups -OCH3 is 1. The maximum Gasteiger partial charge on any atom is 0.224 e. The quantitative estimate of drug-likeness (QED) is 0.916. The van der Waals surface area contributed by atoms with E-state index in [0.717, 1.165) is 35.2 Å². The monoisotopic (exact) mass is 340 g/mol. The van der Waals surface area contributed by atoms with E-state index in [1.807, 2.05) is 30.0 Å². The van der Waals surface area contributed by atoms with Crippen LogP contribution < -0.4 is 10.5 Å². The Morgan fingerprint density at radius 1 is 1.60 bits per heavy atom. The van der Waals surface area contributed by atoms with Gasteiger partial charge in [-0.2, -0.15) is 0 Å². The van der Waals surface area contributed by atoms with Crippen molar-refractivity contribution in [2.24, 2.45) is 5.73 Å². The fourth-order valence-corrected chi connectivity index (χ4v) is 3.13. The van der Waals surface area contributed by atoms with E-state index < -0.39 is 0 Å². The fourth-order valence-electron chi connectivity index (χ4n) is 2.75. The van der Waals surface area contributed by atoms with Gasteiger partial charge in [0.15, 0.2) is 0 Å². The Labute approximate surface area is 128 Å². The van der Waals surface area contributed by atoms with Crippen LogP contribution in [0.25, 0.3) is 0 Å². The molecular weight excluding hydrogens is 320 g/mol. The molecule has 1 aliphatic heterocycles. The van der Waals surface area contributed by atoms with E-state index in [1.165, 1.54) is 0 Å². The van der Waals surface area contributed by atoms with Crippen LogP contribution in [0.5, 0.6) is 5.75 Å². The molecule has 0 aromatic heterocycles. The summed E-state index contributed by atoms with van der Waals surface area (Å²) < 4.78 is 6.44. The second-order valence-electron chi connectivity index (χ2n) is 5.31. The van der Waals surface area contributed by atoms with Gasteiger partial charge in [0.05, 0.1) is 13.2 Å². The van der Waals surface area contributed by atoms with Gasteiger partial charge in [0, 0.05) is 29.0 Å². The molecule has 1 aliphatic rings. The summed E-state index contributed by atoms with van der Waals surface area (Å²) in [7, 11) is 1.66. The van der Waals surface area contributed by atoms with E-state index in [9.17, 15) is 4.79 Å². The number of likely N-dealkylation sites (tertiary alicyclic amines) is 1. The third-order valence-corrected chi connectivity index (χ3v) is 4.11. The molecule has 2 rings (SSSR count). The summed E-state index contributed by atoms with van der Waals surface area (Å²) in [5, 5.41) is 0. The van der Waals surface area contributed by atoms with E-state index in [1.54, 1.807) is 7.11 Å². The average molecular weight is 341 g/mol. The topological polar surface area (TPSA) is 55.6 Å². The van der Waals surface area contributed by atoms with Crippen molar-refractivity contribution in [3.05, 3.63) is 28.2 Å². The molecule has 110 valence electrons. The molecule has 1 aromatic carbocycles. The van der Waals surface area contributed by atoms with Crippen LogP contribution in [0.15, 0.2) is 22.7 Å². The third kappa shape index (κ3) is 3.33. The van der Waals surface area contributed by atoms with Gasteiger partial charge in [-0.3, -0.25) is 4.79 Å². The normalized spacial score (nSPS) is 20.0. The lowest BCUT2D eigenvalue weighted by Crippen LogP contribution is -2.34. The minimum absolute atomic E-state index is 0.0914. The molecule has 2 N–H and O–H groups in total. The van der Waals surface area contributed by atoms with Gasteiger partial charge >= 0.3 is 0 Å². The van der Waals surface area contributed by atoms with Gasteiger partial charge in [-0.1, -0.05) is 15.9 Å². The van der Waals surface area contributed by atoms with E-state index >= 15 is 0 Å². The number of carbonyl (C=O) groups excluding carboxylic acids is 1. The molecule has 1 saturated heterocycles. The Morgan fingerprint density at radius 2 is 2.35 bits per heavy atom. The second-order valence-corrected chi connectivity index (χ2v) is 6.23. The van der Waals surface area contributed by atoms with Gasteiger partial charge in [-0.15, -0.1) is 0 Å². The van der Waals surface area contributed by atoms with Crippen molar-refractivity contribution in [2.45, 2.75) is 38.3 Å². The highest BCUT2D eigenvalue weighted by Crippen LogP contribution is 2.38. The zero-order chi connectivity index (χ0) is 14.7. The molecule has 4 nitrogen and oxygen atoms in total. The third-order valence-electron chi connectivity index (χ3n) is 3.62. The number of carbonyl (C=O) groups is 1. The molecule has 0 spiro atoms. The van der Waals surface area contributed by atoms with Crippen molar-refractivity contribution >= 4 is 21.8 Å². The van der Waals surface area contributed by atoms with Gasteiger partial charge in [0.1, 0.15) is 5.75 Å². The molecule has 0 radical (unpaired) electrons. The lowest BCUT2D eigenvalue weighted by molar-refractivity contribution is -0.132. The van der Waals surface area contributed by atoms with Crippen LogP contribution in [0.1, 0.15) is 37.8 Å². The van der Waals surface area contributed by atoms with Gasteiger partial charge in [0.25, 0.3) is 0 Å². The molecule has 2 unspecified atom stereocenters. The zero-order valence-corrected chi connectivity index (χ0v) is 13.5. The molecular formula is C15H21BrN2O2. The van der Waals surface area contributed by atoms with Gasteiger partial charge in [-0.25, -0.2) is 0 Å². The number of ether oxygens (including phenoxy) is 1. The standard InChI is InChI=1S/C15H21BrN2O2/c1-10(17)8-15(19)18-7-3-4-13(18)12-9-11(16)5-6-14(12)20-2/h5-6,9-10,13H,3-4,7-8,17H2,1-2H3. The van der Waals surface area contributed by atoms with E-state index in [0.29, 0.717) is 6.42 Å². The number of halogens is 1. The van der Waals surface area contributed by atoms with E-state index in [-0.39, 0.29) is 18.0 Å². The molecule has 1 fully saturated rings. The predicted molar refractivity (Wildman–Crippen MR) is 82.6 cm³/mol. The van der Waals surface area contributed by atoms with Gasteiger partial charge in [-0.05, 0) is 38.0 Å². The molecule has 5 heteroatoms. The number of hydrogen-bond donors (Lipinski definition) is 1. The Kier molecular flexibility index (Phi) is 5.05. The smallest absolute Gasteiger partial charge is 0.224 e. The lowest BCUT2D eigenvalue weighted by Gasteiger charge is -2.27. The summed E-state index contributed by atoms with van der Waals surface area (Å²) in [5.74, 6) is 0.961. The van der Waals surface area contributed by atoms with Crippen LogP contribution in [0.3, 0.4) is 0 Å². The summed E-state index contributed by atoms with van der Waals surface area (Å²) in [5.41, 5.74) is 6.81. The highest BCUT2D eigenvalue weighted by Gasteiger charge is 2.31. The van der Waals surface area contributed by atoms with Crippen molar-refractivity contribution in [1.82, 2.24) is 4.90 Å². The Morgan fingerprint density at radius 3 is 3.00 bits per heavy atom. The minimum atomic E-state index is -0.104. The maximum absolute atomic E-state index is 12.3. The van der Waals surface area contributed by atoms with Crippen molar-refractivity contribution in [2.75, 3.05) is 13.7 Å². The van der Waals surface area contributed by atoms with Crippen molar-refractivity contribution in [3.8, 4) is 5.75 Å². The molecule has 1 amide bonds. The number of hydrogen-bond acceptors (Lipinski definition) is 3. The highest BCUT2D eigenvalue weighted by atomic mass is 79.9. The summed E-state index contributed by atoms with van der Waals surface area (Å²) >= 11 is 3.49. The highest BCUT2D eigenvalue weighted by molar-refractivity contribution is 9.10. The molecule has 0 bridgehead atoms. The number of rotatable bonds is 4. The summed E-state index contributed by atoms with van der Waals surface area (Å²) in [4.78, 5) is 14.3. The zero-order valence-electron chi connectivity index (χ0n) is 11.9. The second kappa shape index (κ2) is 6.59. The van der Waals surface area contributed by atoms with Crippen LogP contribution in [0.4, 0.5) is 0 Å². The summed E-state index contributed by atoms with van der Waals surface area (Å²) in [6.07, 6.45) is 2.38. The van der Waals surface area contributed by atoms with Gasteiger partial charge < -0.3 is 15.4 Å².